The van der Waals surface area contributed by atoms with Gasteiger partial charge in [0.25, 0.3) is 0 Å². The van der Waals surface area contributed by atoms with E-state index >= 15 is 0 Å². The highest BCUT2D eigenvalue weighted by Gasteiger charge is 2.21. The van der Waals surface area contributed by atoms with Crippen molar-refractivity contribution in [1.29, 1.82) is 0 Å². The average molecular weight is 414 g/mol. The van der Waals surface area contributed by atoms with Gasteiger partial charge in [0.05, 0.1) is 24.3 Å². The molecule has 1 heterocycles. The van der Waals surface area contributed by atoms with Gasteiger partial charge in [-0.3, -0.25) is 4.90 Å². The summed E-state index contributed by atoms with van der Waals surface area (Å²) in [6, 6.07) is 4.54. The van der Waals surface area contributed by atoms with Crippen molar-refractivity contribution < 1.29 is 18.3 Å². The second-order valence-corrected chi connectivity index (χ2v) is 8.05. The Labute approximate surface area is 143 Å². The standard InChI is InChI=1S/C13H18BrClN2O4S/c14-10-1-2-13(12(15)7-10)22(19,20)16-8-11(18)9-17-3-5-21-6-4-17/h1-2,7,11,16,18H,3-6,8-9H2. The molecule has 1 saturated heterocycles. The monoisotopic (exact) mass is 412 g/mol. The first-order valence-corrected chi connectivity index (χ1v) is 9.47. The molecule has 1 aromatic carbocycles. The Morgan fingerprint density at radius 1 is 1.41 bits per heavy atom. The lowest BCUT2D eigenvalue weighted by Crippen LogP contribution is -2.44. The van der Waals surface area contributed by atoms with Crippen molar-refractivity contribution in [3.8, 4) is 0 Å². The van der Waals surface area contributed by atoms with Gasteiger partial charge in [-0.05, 0) is 18.2 Å². The maximum absolute atomic E-state index is 12.2. The van der Waals surface area contributed by atoms with E-state index in [4.69, 9.17) is 16.3 Å². The molecule has 124 valence electrons. The number of hydrogen-bond donors (Lipinski definition) is 2. The van der Waals surface area contributed by atoms with Gasteiger partial charge in [0.1, 0.15) is 4.90 Å². The predicted molar refractivity (Wildman–Crippen MR) is 87.6 cm³/mol. The van der Waals surface area contributed by atoms with Crippen molar-refractivity contribution in [2.24, 2.45) is 0 Å². The Morgan fingerprint density at radius 3 is 2.73 bits per heavy atom. The van der Waals surface area contributed by atoms with Gasteiger partial charge in [-0.15, -0.1) is 0 Å². The van der Waals surface area contributed by atoms with Crippen LogP contribution in [0.15, 0.2) is 27.6 Å². The van der Waals surface area contributed by atoms with E-state index < -0.39 is 16.1 Å². The second-order valence-electron chi connectivity index (χ2n) is 4.99. The highest BCUT2D eigenvalue weighted by Crippen LogP contribution is 2.24. The molecule has 2 N–H and O–H groups in total. The van der Waals surface area contributed by atoms with Gasteiger partial charge >= 0.3 is 0 Å². The summed E-state index contributed by atoms with van der Waals surface area (Å²) in [6.45, 7) is 3.08. The zero-order valence-electron chi connectivity index (χ0n) is 11.8. The molecule has 0 bridgehead atoms. The lowest BCUT2D eigenvalue weighted by atomic mass is 10.3. The number of rotatable bonds is 6. The molecule has 1 unspecified atom stereocenters. The lowest BCUT2D eigenvalue weighted by Gasteiger charge is -2.28. The molecule has 0 aliphatic carbocycles. The molecule has 1 aromatic rings. The number of sulfonamides is 1. The van der Waals surface area contributed by atoms with Gasteiger partial charge in [0.15, 0.2) is 0 Å². The number of aliphatic hydroxyl groups is 1. The van der Waals surface area contributed by atoms with E-state index in [1.54, 1.807) is 6.07 Å². The molecule has 0 aromatic heterocycles. The first-order valence-electron chi connectivity index (χ1n) is 6.81. The van der Waals surface area contributed by atoms with E-state index in [-0.39, 0.29) is 16.5 Å². The van der Waals surface area contributed by atoms with E-state index in [2.05, 4.69) is 20.7 Å². The smallest absolute Gasteiger partial charge is 0.242 e. The molecule has 6 nitrogen and oxygen atoms in total. The van der Waals surface area contributed by atoms with E-state index in [1.165, 1.54) is 12.1 Å². The molecule has 0 saturated carbocycles. The van der Waals surface area contributed by atoms with Gasteiger partial charge in [-0.25, -0.2) is 13.1 Å². The largest absolute Gasteiger partial charge is 0.390 e. The SMILES string of the molecule is O=S(=O)(NCC(O)CN1CCOCC1)c1ccc(Br)cc1Cl. The molecular weight excluding hydrogens is 396 g/mol. The molecule has 1 aliphatic rings. The molecular formula is C13H18BrClN2O4S. The van der Waals surface area contributed by atoms with Crippen LogP contribution in [0.25, 0.3) is 0 Å². The summed E-state index contributed by atoms with van der Waals surface area (Å²) in [6.07, 6.45) is -0.790. The highest BCUT2D eigenvalue weighted by atomic mass is 79.9. The number of β-amino-alcohol motifs (C(OH)–C–C–N with tert-alkyl or cyclic N) is 1. The maximum atomic E-state index is 12.2. The van der Waals surface area contributed by atoms with Crippen LogP contribution >= 0.6 is 27.5 Å². The minimum atomic E-state index is -3.75. The van der Waals surface area contributed by atoms with Crippen LogP contribution in [-0.2, 0) is 14.8 Å². The van der Waals surface area contributed by atoms with Crippen LogP contribution in [0, 0.1) is 0 Å². The minimum absolute atomic E-state index is 0.00376. The fraction of sp³-hybridized carbons (Fsp3) is 0.538. The summed E-state index contributed by atoms with van der Waals surface area (Å²) in [4.78, 5) is 2.03. The van der Waals surface area contributed by atoms with Crippen molar-refractivity contribution in [2.75, 3.05) is 39.4 Å². The molecule has 9 heteroatoms. The first kappa shape index (κ1) is 18.1. The zero-order valence-corrected chi connectivity index (χ0v) is 15.0. The van der Waals surface area contributed by atoms with Crippen molar-refractivity contribution in [3.63, 3.8) is 0 Å². The molecule has 0 amide bonds. The molecule has 2 rings (SSSR count). The number of nitrogens with one attached hydrogen (secondary N) is 1. The minimum Gasteiger partial charge on any atom is -0.390 e. The summed E-state index contributed by atoms with van der Waals surface area (Å²) in [5.74, 6) is 0. The Bertz CT molecular complexity index is 608. The fourth-order valence-electron chi connectivity index (χ4n) is 2.12. The van der Waals surface area contributed by atoms with Crippen molar-refractivity contribution in [2.45, 2.75) is 11.0 Å². The Hall–Kier alpha value is -0.220. The third kappa shape index (κ3) is 5.16. The number of hydrogen-bond acceptors (Lipinski definition) is 5. The molecule has 1 fully saturated rings. The maximum Gasteiger partial charge on any atom is 0.242 e. The number of halogens is 2. The van der Waals surface area contributed by atoms with Gasteiger partial charge in [-0.1, -0.05) is 27.5 Å². The zero-order chi connectivity index (χ0) is 16.2. The van der Waals surface area contributed by atoms with Gasteiger partial charge in [0.2, 0.25) is 10.0 Å². The third-order valence-electron chi connectivity index (χ3n) is 3.27. The average Bonchev–Trinajstić information content (AvgIpc) is 2.46. The molecule has 1 aliphatic heterocycles. The number of nitrogens with zero attached hydrogens (tertiary/aromatic N) is 1. The molecule has 22 heavy (non-hydrogen) atoms. The van der Waals surface area contributed by atoms with Crippen LogP contribution in [0.5, 0.6) is 0 Å². The summed E-state index contributed by atoms with van der Waals surface area (Å²) in [5, 5.41) is 10.1. The van der Waals surface area contributed by atoms with Gasteiger partial charge in [0, 0.05) is 30.7 Å². The Balaban J connectivity index is 1.91. The number of ether oxygens (including phenoxy) is 1. The number of aliphatic hydroxyl groups excluding tert-OH is 1. The molecule has 0 radical (unpaired) electrons. The van der Waals surface area contributed by atoms with E-state index in [1.807, 2.05) is 4.90 Å². The molecule has 1 atom stereocenters. The Morgan fingerprint density at radius 2 is 2.09 bits per heavy atom. The highest BCUT2D eigenvalue weighted by molar-refractivity contribution is 9.10. The molecule has 0 spiro atoms. The van der Waals surface area contributed by atoms with Crippen LogP contribution in [-0.4, -0.2) is 63.9 Å². The number of benzene rings is 1. The number of morpholine rings is 1. The van der Waals surface area contributed by atoms with Crippen molar-refractivity contribution >= 4 is 37.6 Å². The normalized spacial score (nSPS) is 18.3. The van der Waals surface area contributed by atoms with Gasteiger partial charge in [-0.2, -0.15) is 0 Å². The Kier molecular flexibility index (Phi) is 6.63. The summed E-state index contributed by atoms with van der Waals surface area (Å²) < 4.78 is 32.7. The van der Waals surface area contributed by atoms with Crippen LogP contribution < -0.4 is 4.72 Å². The van der Waals surface area contributed by atoms with Crippen LogP contribution in [0.3, 0.4) is 0 Å². The fourth-order valence-corrected chi connectivity index (χ4v) is 4.23. The third-order valence-corrected chi connectivity index (χ3v) is 5.66. The van der Waals surface area contributed by atoms with Crippen LogP contribution in [0.4, 0.5) is 0 Å². The summed E-state index contributed by atoms with van der Waals surface area (Å²) in [5.41, 5.74) is 0. The topological polar surface area (TPSA) is 78.9 Å². The van der Waals surface area contributed by atoms with Crippen LogP contribution in [0.2, 0.25) is 5.02 Å². The van der Waals surface area contributed by atoms with Crippen LogP contribution in [0.1, 0.15) is 0 Å². The lowest BCUT2D eigenvalue weighted by molar-refractivity contribution is 0.0158. The van der Waals surface area contributed by atoms with Gasteiger partial charge < -0.3 is 9.84 Å². The second kappa shape index (κ2) is 8.05. The quantitative estimate of drug-likeness (QED) is 0.729. The summed E-state index contributed by atoms with van der Waals surface area (Å²) in [7, 11) is -3.75. The van der Waals surface area contributed by atoms with E-state index in [9.17, 15) is 13.5 Å². The van der Waals surface area contributed by atoms with Crippen molar-refractivity contribution in [1.82, 2.24) is 9.62 Å². The summed E-state index contributed by atoms with van der Waals surface area (Å²) >= 11 is 9.18. The van der Waals surface area contributed by atoms with Crippen molar-refractivity contribution in [3.05, 3.63) is 27.7 Å². The first-order chi connectivity index (χ1) is 10.4. The van der Waals surface area contributed by atoms with E-state index in [0.717, 1.165) is 13.1 Å². The van der Waals surface area contributed by atoms with E-state index in [0.29, 0.717) is 24.2 Å². The predicted octanol–water partition coefficient (Wildman–Crippen LogP) is 1.07.